The summed E-state index contributed by atoms with van der Waals surface area (Å²) in [6.45, 7) is 0. The molecule has 1 aromatic rings. The molecule has 7 heteroatoms. The van der Waals surface area contributed by atoms with E-state index in [1.54, 1.807) is 18.2 Å². The third kappa shape index (κ3) is 4.36. The summed E-state index contributed by atoms with van der Waals surface area (Å²) in [6, 6.07) is 4.80. The Bertz CT molecular complexity index is 406. The van der Waals surface area contributed by atoms with E-state index in [1.807, 2.05) is 0 Å². The number of rotatable bonds is 2. The molecule has 0 amide bonds. The molecule has 1 rings (SSSR count). The maximum atomic E-state index is 12.0. The van der Waals surface area contributed by atoms with Crippen LogP contribution in [0, 0.1) is 0 Å². The zero-order valence-corrected chi connectivity index (χ0v) is 10.3. The lowest BCUT2D eigenvalue weighted by Gasteiger charge is -2.12. The molecule has 0 radical (unpaired) electrons. The first kappa shape index (κ1) is 13.2. The molecule has 0 fully saturated rings. The first-order chi connectivity index (χ1) is 7.28. The topological polar surface area (TPSA) is 38.0 Å². The summed E-state index contributed by atoms with van der Waals surface area (Å²) in [7, 11) is 0. The largest absolute Gasteiger partial charge is 0.397 e. The highest BCUT2D eigenvalue weighted by Crippen LogP contribution is 2.25. The Hall–Kier alpha value is -0.820. The number of anilines is 2. The van der Waals surface area contributed by atoms with Crippen LogP contribution in [0.4, 0.5) is 24.5 Å². The van der Waals surface area contributed by atoms with Crippen molar-refractivity contribution in [1.29, 1.82) is 0 Å². The van der Waals surface area contributed by atoms with E-state index >= 15 is 0 Å². The minimum absolute atomic E-state index is 0.304. The molecule has 1 aromatic carbocycles. The van der Waals surface area contributed by atoms with Crippen molar-refractivity contribution in [2.45, 2.75) is 12.6 Å². The first-order valence-electron chi connectivity index (χ1n) is 4.19. The summed E-state index contributed by atoms with van der Waals surface area (Å²) in [5.41, 5.74) is 6.31. The van der Waals surface area contributed by atoms with Crippen molar-refractivity contribution in [2.24, 2.45) is 0 Å². The quantitative estimate of drug-likeness (QED) is 0.645. The van der Waals surface area contributed by atoms with Gasteiger partial charge in [0.2, 0.25) is 0 Å². The first-order valence-corrected chi connectivity index (χ1v) is 5.40. The highest BCUT2D eigenvalue weighted by atomic mass is 79.9. The van der Waals surface area contributed by atoms with Gasteiger partial charge in [0.1, 0.15) is 0 Å². The van der Waals surface area contributed by atoms with Gasteiger partial charge in [0.25, 0.3) is 0 Å². The number of hydrogen-bond donors (Lipinski definition) is 2. The van der Waals surface area contributed by atoms with Crippen LogP contribution in [-0.4, -0.2) is 11.2 Å². The van der Waals surface area contributed by atoms with Crippen LogP contribution in [0.1, 0.15) is 6.42 Å². The van der Waals surface area contributed by atoms with Crippen molar-refractivity contribution in [3.05, 3.63) is 22.7 Å². The number of hydrogen-bond acceptors (Lipinski definition) is 2. The summed E-state index contributed by atoms with van der Waals surface area (Å²) in [6.07, 6.45) is -5.47. The highest BCUT2D eigenvalue weighted by Gasteiger charge is 2.29. The van der Waals surface area contributed by atoms with E-state index < -0.39 is 12.6 Å². The van der Waals surface area contributed by atoms with Crippen LogP contribution in [0.15, 0.2) is 22.7 Å². The number of halogens is 4. The standard InChI is InChI=1S/C9H8BrF3N2S/c10-5-1-2-7(6(14)3-5)15-8(16)4-9(11,12)13/h1-3H,4,14H2,(H,15,16). The van der Waals surface area contributed by atoms with E-state index in [4.69, 9.17) is 5.73 Å². The van der Waals surface area contributed by atoms with Crippen molar-refractivity contribution < 1.29 is 13.2 Å². The minimum atomic E-state index is -4.31. The van der Waals surface area contributed by atoms with Gasteiger partial charge in [0.15, 0.2) is 0 Å². The minimum Gasteiger partial charge on any atom is -0.397 e. The molecule has 88 valence electrons. The van der Waals surface area contributed by atoms with E-state index in [9.17, 15) is 13.2 Å². The molecule has 2 nitrogen and oxygen atoms in total. The Morgan fingerprint density at radius 1 is 1.44 bits per heavy atom. The third-order valence-corrected chi connectivity index (χ3v) is 2.39. The second kappa shape index (κ2) is 5.01. The molecule has 0 aliphatic heterocycles. The van der Waals surface area contributed by atoms with E-state index in [2.05, 4.69) is 33.5 Å². The van der Waals surface area contributed by atoms with Crippen molar-refractivity contribution in [2.75, 3.05) is 11.1 Å². The number of nitrogens with one attached hydrogen (secondary N) is 1. The van der Waals surface area contributed by atoms with Crippen LogP contribution in [0.25, 0.3) is 0 Å². The zero-order chi connectivity index (χ0) is 12.3. The summed E-state index contributed by atoms with van der Waals surface area (Å²) in [5.74, 6) is 0. The van der Waals surface area contributed by atoms with E-state index in [0.717, 1.165) is 4.47 Å². The Labute approximate surface area is 104 Å². The molecule has 3 N–H and O–H groups in total. The second-order valence-electron chi connectivity index (χ2n) is 3.07. The van der Waals surface area contributed by atoms with Gasteiger partial charge in [-0.25, -0.2) is 0 Å². The number of benzene rings is 1. The summed E-state index contributed by atoms with van der Waals surface area (Å²) in [4.78, 5) is -0.304. The maximum absolute atomic E-state index is 12.0. The van der Waals surface area contributed by atoms with Crippen LogP contribution >= 0.6 is 28.1 Å². The molecule has 0 spiro atoms. The average Bonchev–Trinajstić information content (AvgIpc) is 2.06. The Kier molecular flexibility index (Phi) is 4.15. The van der Waals surface area contributed by atoms with Gasteiger partial charge in [0, 0.05) is 4.47 Å². The monoisotopic (exact) mass is 312 g/mol. The molecule has 0 saturated heterocycles. The van der Waals surface area contributed by atoms with Gasteiger partial charge < -0.3 is 11.1 Å². The summed E-state index contributed by atoms with van der Waals surface area (Å²) < 4.78 is 36.8. The molecular weight excluding hydrogens is 305 g/mol. The van der Waals surface area contributed by atoms with Gasteiger partial charge in [-0.1, -0.05) is 28.1 Å². The molecular formula is C9H8BrF3N2S. The average molecular weight is 313 g/mol. The highest BCUT2D eigenvalue weighted by molar-refractivity contribution is 9.10. The van der Waals surface area contributed by atoms with Gasteiger partial charge in [-0.3, -0.25) is 0 Å². The van der Waals surface area contributed by atoms with Crippen molar-refractivity contribution >= 4 is 44.5 Å². The number of thiocarbonyl (C=S) groups is 1. The SMILES string of the molecule is Nc1cc(Br)ccc1NC(=S)CC(F)(F)F. The molecule has 0 bridgehead atoms. The Morgan fingerprint density at radius 2 is 2.06 bits per heavy atom. The van der Waals surface area contributed by atoms with Crippen molar-refractivity contribution in [1.82, 2.24) is 0 Å². The van der Waals surface area contributed by atoms with Gasteiger partial charge in [-0.2, -0.15) is 13.2 Å². The normalized spacial score (nSPS) is 11.2. The van der Waals surface area contributed by atoms with Crippen LogP contribution in [0.5, 0.6) is 0 Å². The molecule has 0 saturated carbocycles. The fraction of sp³-hybridized carbons (Fsp3) is 0.222. The fourth-order valence-corrected chi connectivity index (χ4v) is 1.68. The Morgan fingerprint density at radius 3 is 2.56 bits per heavy atom. The van der Waals surface area contributed by atoms with Gasteiger partial charge in [-0.15, -0.1) is 0 Å². The van der Waals surface area contributed by atoms with Crippen LogP contribution in [0.2, 0.25) is 0 Å². The summed E-state index contributed by atoms with van der Waals surface area (Å²) in [5, 5.41) is 2.46. The van der Waals surface area contributed by atoms with Gasteiger partial charge in [-0.05, 0) is 18.2 Å². The lowest BCUT2D eigenvalue weighted by atomic mass is 10.2. The lowest BCUT2D eigenvalue weighted by molar-refractivity contribution is -0.120. The molecule has 0 aliphatic rings. The second-order valence-corrected chi connectivity index (χ2v) is 4.48. The van der Waals surface area contributed by atoms with Gasteiger partial charge in [0.05, 0.1) is 22.8 Å². The van der Waals surface area contributed by atoms with E-state index in [0.29, 0.717) is 11.4 Å². The van der Waals surface area contributed by atoms with Crippen molar-refractivity contribution in [3.63, 3.8) is 0 Å². The molecule has 0 aromatic heterocycles. The van der Waals surface area contributed by atoms with Crippen LogP contribution < -0.4 is 11.1 Å². The predicted octanol–water partition coefficient (Wildman–Crippen LogP) is 3.72. The number of alkyl halides is 3. The predicted molar refractivity (Wildman–Crippen MR) is 65.4 cm³/mol. The van der Waals surface area contributed by atoms with Crippen molar-refractivity contribution in [3.8, 4) is 0 Å². The number of nitrogen functional groups attached to an aromatic ring is 1. The van der Waals surface area contributed by atoms with Gasteiger partial charge >= 0.3 is 6.18 Å². The zero-order valence-electron chi connectivity index (χ0n) is 7.94. The molecule has 16 heavy (non-hydrogen) atoms. The molecule has 0 unspecified atom stereocenters. The number of nitrogens with two attached hydrogens (primary N) is 1. The maximum Gasteiger partial charge on any atom is 0.395 e. The molecule has 0 atom stereocenters. The molecule has 0 heterocycles. The lowest BCUT2D eigenvalue weighted by Crippen LogP contribution is -2.20. The summed E-state index contributed by atoms with van der Waals surface area (Å²) >= 11 is 7.77. The molecule has 0 aliphatic carbocycles. The van der Waals surface area contributed by atoms with E-state index in [1.165, 1.54) is 0 Å². The third-order valence-electron chi connectivity index (χ3n) is 1.65. The smallest absolute Gasteiger partial charge is 0.395 e. The Balaban J connectivity index is 2.70. The van der Waals surface area contributed by atoms with Crippen LogP contribution in [-0.2, 0) is 0 Å². The fourth-order valence-electron chi connectivity index (χ4n) is 1.02. The van der Waals surface area contributed by atoms with E-state index in [-0.39, 0.29) is 4.99 Å². The van der Waals surface area contributed by atoms with Crippen LogP contribution in [0.3, 0.4) is 0 Å².